The van der Waals surface area contributed by atoms with Gasteiger partial charge in [-0.1, -0.05) is 25.1 Å². The number of rotatable bonds is 8. The summed E-state index contributed by atoms with van der Waals surface area (Å²) < 4.78 is 6.02. The SMILES string of the molecule is CCNC(=NCc1nc(C)c(C)s1)NCC(CC)Oc1ccccc1.I. The van der Waals surface area contributed by atoms with Crippen LogP contribution < -0.4 is 15.4 Å². The Morgan fingerprint density at radius 3 is 2.50 bits per heavy atom. The summed E-state index contributed by atoms with van der Waals surface area (Å²) in [6, 6.07) is 9.92. The van der Waals surface area contributed by atoms with Gasteiger partial charge in [0, 0.05) is 11.4 Å². The molecule has 2 aromatic rings. The zero-order valence-electron chi connectivity index (χ0n) is 15.9. The summed E-state index contributed by atoms with van der Waals surface area (Å²) in [6.45, 7) is 10.4. The van der Waals surface area contributed by atoms with Gasteiger partial charge in [-0.25, -0.2) is 9.98 Å². The zero-order valence-corrected chi connectivity index (χ0v) is 19.1. The Kier molecular flexibility index (Phi) is 10.6. The lowest BCUT2D eigenvalue weighted by molar-refractivity contribution is 0.199. The molecular formula is C19H29IN4OS. The Morgan fingerprint density at radius 2 is 1.92 bits per heavy atom. The summed E-state index contributed by atoms with van der Waals surface area (Å²) in [4.78, 5) is 10.4. The van der Waals surface area contributed by atoms with E-state index in [1.54, 1.807) is 11.3 Å². The van der Waals surface area contributed by atoms with Gasteiger partial charge in [-0.15, -0.1) is 35.3 Å². The molecule has 2 N–H and O–H groups in total. The maximum atomic E-state index is 6.02. The van der Waals surface area contributed by atoms with Crippen LogP contribution in [0.15, 0.2) is 35.3 Å². The third-order valence-electron chi connectivity index (χ3n) is 3.79. The fraction of sp³-hybridized carbons (Fsp3) is 0.474. The number of nitrogens with zero attached hydrogens (tertiary/aromatic N) is 2. The molecule has 1 heterocycles. The van der Waals surface area contributed by atoms with Crippen LogP contribution in [0.25, 0.3) is 0 Å². The minimum atomic E-state index is 0. The summed E-state index contributed by atoms with van der Waals surface area (Å²) in [5, 5.41) is 7.69. The maximum absolute atomic E-state index is 6.02. The van der Waals surface area contributed by atoms with E-state index in [0.717, 1.165) is 35.4 Å². The van der Waals surface area contributed by atoms with Crippen molar-refractivity contribution >= 4 is 41.3 Å². The quantitative estimate of drug-likeness (QED) is 0.331. The lowest BCUT2D eigenvalue weighted by Crippen LogP contribution is -2.42. The Morgan fingerprint density at radius 1 is 1.19 bits per heavy atom. The molecule has 26 heavy (non-hydrogen) atoms. The first-order chi connectivity index (χ1) is 12.1. The number of thiazole rings is 1. The molecule has 7 heteroatoms. The molecule has 0 aliphatic rings. The van der Waals surface area contributed by atoms with E-state index in [1.807, 2.05) is 37.3 Å². The molecule has 0 aliphatic carbocycles. The van der Waals surface area contributed by atoms with Crippen LogP contribution in [0, 0.1) is 13.8 Å². The van der Waals surface area contributed by atoms with Gasteiger partial charge in [0.2, 0.25) is 0 Å². The number of nitrogens with one attached hydrogen (secondary N) is 2. The summed E-state index contributed by atoms with van der Waals surface area (Å²) in [5.41, 5.74) is 1.09. The Bertz CT molecular complexity index is 656. The first-order valence-corrected chi connectivity index (χ1v) is 9.60. The van der Waals surface area contributed by atoms with Crippen molar-refractivity contribution in [3.05, 3.63) is 45.9 Å². The number of hydrogen-bond acceptors (Lipinski definition) is 4. The van der Waals surface area contributed by atoms with Crippen LogP contribution in [-0.2, 0) is 6.54 Å². The van der Waals surface area contributed by atoms with Crippen molar-refractivity contribution in [3.63, 3.8) is 0 Å². The molecule has 0 aliphatic heterocycles. The molecule has 2 rings (SSSR count). The highest BCUT2D eigenvalue weighted by Gasteiger charge is 2.10. The molecule has 144 valence electrons. The molecule has 0 fully saturated rings. The fourth-order valence-electron chi connectivity index (χ4n) is 2.27. The summed E-state index contributed by atoms with van der Waals surface area (Å²) in [7, 11) is 0. The van der Waals surface area contributed by atoms with E-state index >= 15 is 0 Å². The van der Waals surface area contributed by atoms with E-state index in [2.05, 4.69) is 41.4 Å². The smallest absolute Gasteiger partial charge is 0.191 e. The molecule has 0 saturated heterocycles. The molecule has 1 aromatic heterocycles. The second-order valence-corrected chi connectivity index (χ2v) is 7.07. The number of ether oxygens (including phenoxy) is 1. The molecule has 1 unspecified atom stereocenters. The van der Waals surface area contributed by atoms with Gasteiger partial charge in [0.05, 0.1) is 18.8 Å². The number of aliphatic imine (C=N–C) groups is 1. The number of aryl methyl sites for hydroxylation is 2. The lowest BCUT2D eigenvalue weighted by Gasteiger charge is -2.19. The number of hydrogen-bond donors (Lipinski definition) is 2. The fourth-order valence-corrected chi connectivity index (χ4v) is 3.13. The summed E-state index contributed by atoms with van der Waals surface area (Å²) >= 11 is 1.71. The van der Waals surface area contributed by atoms with E-state index < -0.39 is 0 Å². The molecular weight excluding hydrogens is 459 g/mol. The first kappa shape index (κ1) is 22.7. The van der Waals surface area contributed by atoms with Crippen LogP contribution in [0.5, 0.6) is 5.75 Å². The first-order valence-electron chi connectivity index (χ1n) is 8.79. The molecule has 1 aromatic carbocycles. The van der Waals surface area contributed by atoms with Crippen molar-refractivity contribution in [2.45, 2.75) is 46.8 Å². The average molecular weight is 488 g/mol. The number of para-hydroxylation sites is 1. The van der Waals surface area contributed by atoms with Gasteiger partial charge in [-0.2, -0.15) is 0 Å². The van der Waals surface area contributed by atoms with Crippen LogP contribution in [0.2, 0.25) is 0 Å². The minimum Gasteiger partial charge on any atom is -0.489 e. The van der Waals surface area contributed by atoms with Gasteiger partial charge in [-0.3, -0.25) is 0 Å². The molecule has 1 atom stereocenters. The van der Waals surface area contributed by atoms with E-state index in [-0.39, 0.29) is 30.1 Å². The number of benzene rings is 1. The van der Waals surface area contributed by atoms with Crippen molar-refractivity contribution in [2.24, 2.45) is 4.99 Å². The normalized spacial score (nSPS) is 12.2. The van der Waals surface area contributed by atoms with Gasteiger partial charge in [-0.05, 0) is 39.3 Å². The Hall–Kier alpha value is -1.35. The highest BCUT2D eigenvalue weighted by atomic mass is 127. The molecule has 0 radical (unpaired) electrons. The van der Waals surface area contributed by atoms with Gasteiger partial charge < -0.3 is 15.4 Å². The number of aromatic nitrogens is 1. The summed E-state index contributed by atoms with van der Waals surface area (Å²) in [6.07, 6.45) is 1.02. The van der Waals surface area contributed by atoms with Crippen molar-refractivity contribution in [3.8, 4) is 5.75 Å². The third-order valence-corrected chi connectivity index (χ3v) is 4.85. The largest absolute Gasteiger partial charge is 0.489 e. The van der Waals surface area contributed by atoms with Crippen LogP contribution in [0.1, 0.15) is 35.8 Å². The predicted octanol–water partition coefficient (Wildman–Crippen LogP) is 4.29. The maximum Gasteiger partial charge on any atom is 0.191 e. The van der Waals surface area contributed by atoms with Crippen molar-refractivity contribution < 1.29 is 4.74 Å². The second-order valence-electron chi connectivity index (χ2n) is 5.79. The van der Waals surface area contributed by atoms with E-state index in [4.69, 9.17) is 4.74 Å². The van der Waals surface area contributed by atoms with Gasteiger partial charge in [0.1, 0.15) is 16.9 Å². The van der Waals surface area contributed by atoms with Crippen LogP contribution in [0.4, 0.5) is 0 Å². The molecule has 0 amide bonds. The average Bonchev–Trinajstić information content (AvgIpc) is 2.95. The predicted molar refractivity (Wildman–Crippen MR) is 121 cm³/mol. The molecule has 0 bridgehead atoms. The van der Waals surface area contributed by atoms with Gasteiger partial charge >= 0.3 is 0 Å². The van der Waals surface area contributed by atoms with Crippen molar-refractivity contribution in [1.82, 2.24) is 15.6 Å². The third kappa shape index (κ3) is 7.49. The second kappa shape index (κ2) is 12.1. The number of guanidine groups is 1. The van der Waals surface area contributed by atoms with Crippen molar-refractivity contribution in [2.75, 3.05) is 13.1 Å². The van der Waals surface area contributed by atoms with E-state index in [0.29, 0.717) is 13.1 Å². The van der Waals surface area contributed by atoms with Crippen LogP contribution >= 0.6 is 35.3 Å². The summed E-state index contributed by atoms with van der Waals surface area (Å²) in [5.74, 6) is 1.69. The zero-order chi connectivity index (χ0) is 18.1. The van der Waals surface area contributed by atoms with Crippen LogP contribution in [0.3, 0.4) is 0 Å². The van der Waals surface area contributed by atoms with Crippen molar-refractivity contribution in [1.29, 1.82) is 0 Å². The highest BCUT2D eigenvalue weighted by Crippen LogP contribution is 2.17. The van der Waals surface area contributed by atoms with Crippen LogP contribution in [-0.4, -0.2) is 30.1 Å². The van der Waals surface area contributed by atoms with E-state index in [1.165, 1.54) is 4.88 Å². The lowest BCUT2D eigenvalue weighted by atomic mass is 10.2. The molecule has 0 spiro atoms. The topological polar surface area (TPSA) is 58.5 Å². The minimum absolute atomic E-state index is 0. The van der Waals surface area contributed by atoms with Gasteiger partial charge in [0.25, 0.3) is 0 Å². The van der Waals surface area contributed by atoms with E-state index in [9.17, 15) is 0 Å². The highest BCUT2D eigenvalue weighted by molar-refractivity contribution is 14.0. The Balaban J connectivity index is 0.00000338. The molecule has 0 saturated carbocycles. The monoisotopic (exact) mass is 488 g/mol. The molecule has 5 nitrogen and oxygen atoms in total. The van der Waals surface area contributed by atoms with Gasteiger partial charge in [0.15, 0.2) is 5.96 Å². The Labute approximate surface area is 177 Å². The number of halogens is 1. The standard InChI is InChI=1S/C19H28N4OS.HI/c1-5-16(24-17-10-8-7-9-11-17)12-21-19(20-6-2)22-13-18-23-14(3)15(4)25-18;/h7-11,16H,5-6,12-13H2,1-4H3,(H2,20,21,22);1H.